The Hall–Kier alpha value is -0.980. The SMILES string of the molecule is CC1CC(C2CNc3ccccc32)CC(C)(C)C1. The number of nitrogens with one attached hydrogen (secondary N) is 1. The van der Waals surface area contributed by atoms with E-state index in [-0.39, 0.29) is 0 Å². The fourth-order valence-corrected chi connectivity index (χ4v) is 4.46. The normalized spacial score (nSPS) is 33.8. The topological polar surface area (TPSA) is 12.0 Å². The molecule has 0 radical (unpaired) electrons. The van der Waals surface area contributed by atoms with Crippen molar-refractivity contribution in [2.75, 3.05) is 11.9 Å². The van der Waals surface area contributed by atoms with E-state index in [1.54, 1.807) is 5.56 Å². The smallest absolute Gasteiger partial charge is 0.0376 e. The van der Waals surface area contributed by atoms with Crippen LogP contribution in [0.5, 0.6) is 0 Å². The number of hydrogen-bond acceptors (Lipinski definition) is 1. The molecule has 2 aliphatic rings. The fourth-order valence-electron chi connectivity index (χ4n) is 4.46. The van der Waals surface area contributed by atoms with Gasteiger partial charge in [-0.2, -0.15) is 0 Å². The molecule has 0 bridgehead atoms. The molecule has 1 aromatic rings. The molecule has 18 heavy (non-hydrogen) atoms. The van der Waals surface area contributed by atoms with Gasteiger partial charge in [-0.05, 0) is 48.1 Å². The summed E-state index contributed by atoms with van der Waals surface area (Å²) in [6, 6.07) is 8.89. The monoisotopic (exact) mass is 243 g/mol. The summed E-state index contributed by atoms with van der Waals surface area (Å²) >= 11 is 0. The lowest BCUT2D eigenvalue weighted by molar-refractivity contribution is 0.119. The average molecular weight is 243 g/mol. The summed E-state index contributed by atoms with van der Waals surface area (Å²) in [7, 11) is 0. The first-order valence-electron chi connectivity index (χ1n) is 7.38. The van der Waals surface area contributed by atoms with Gasteiger partial charge in [0.15, 0.2) is 0 Å². The molecule has 3 atom stereocenters. The summed E-state index contributed by atoms with van der Waals surface area (Å²) in [6.45, 7) is 8.48. The third kappa shape index (κ3) is 2.15. The van der Waals surface area contributed by atoms with E-state index in [9.17, 15) is 0 Å². The average Bonchev–Trinajstić information content (AvgIpc) is 2.69. The number of benzene rings is 1. The summed E-state index contributed by atoms with van der Waals surface area (Å²) < 4.78 is 0. The molecular weight excluding hydrogens is 218 g/mol. The first-order chi connectivity index (χ1) is 8.55. The molecule has 0 saturated heterocycles. The van der Waals surface area contributed by atoms with Crippen molar-refractivity contribution in [3.63, 3.8) is 0 Å². The Morgan fingerprint density at radius 2 is 1.94 bits per heavy atom. The van der Waals surface area contributed by atoms with Crippen LogP contribution >= 0.6 is 0 Å². The van der Waals surface area contributed by atoms with E-state index in [1.807, 2.05) is 0 Å². The summed E-state index contributed by atoms with van der Waals surface area (Å²) in [4.78, 5) is 0. The molecule has 1 aliphatic heterocycles. The van der Waals surface area contributed by atoms with Crippen molar-refractivity contribution in [1.82, 2.24) is 0 Å². The minimum Gasteiger partial charge on any atom is -0.384 e. The summed E-state index contributed by atoms with van der Waals surface area (Å²) in [5.41, 5.74) is 3.46. The molecule has 1 heterocycles. The molecule has 1 fully saturated rings. The van der Waals surface area contributed by atoms with Gasteiger partial charge >= 0.3 is 0 Å². The second-order valence-corrected chi connectivity index (χ2v) is 7.25. The van der Waals surface area contributed by atoms with Gasteiger partial charge in [-0.1, -0.05) is 39.0 Å². The highest BCUT2D eigenvalue weighted by atomic mass is 14.9. The van der Waals surface area contributed by atoms with Crippen LogP contribution in [-0.2, 0) is 0 Å². The quantitative estimate of drug-likeness (QED) is 0.756. The fraction of sp³-hybridized carbons (Fsp3) is 0.647. The zero-order valence-corrected chi connectivity index (χ0v) is 11.9. The van der Waals surface area contributed by atoms with Crippen LogP contribution in [0.1, 0.15) is 51.5 Å². The molecule has 3 rings (SSSR count). The maximum absolute atomic E-state index is 3.59. The number of hydrogen-bond donors (Lipinski definition) is 1. The van der Waals surface area contributed by atoms with Gasteiger partial charge in [-0.15, -0.1) is 0 Å². The van der Waals surface area contributed by atoms with Gasteiger partial charge in [-0.3, -0.25) is 0 Å². The minimum atomic E-state index is 0.528. The van der Waals surface area contributed by atoms with Crippen molar-refractivity contribution in [3.8, 4) is 0 Å². The van der Waals surface area contributed by atoms with Crippen LogP contribution in [0.2, 0.25) is 0 Å². The maximum atomic E-state index is 3.59. The van der Waals surface area contributed by atoms with Crippen LogP contribution in [0.25, 0.3) is 0 Å². The molecular formula is C17H25N. The van der Waals surface area contributed by atoms with Crippen molar-refractivity contribution < 1.29 is 0 Å². The molecule has 1 N–H and O–H groups in total. The molecule has 98 valence electrons. The van der Waals surface area contributed by atoms with Gasteiger partial charge < -0.3 is 5.32 Å². The first kappa shape index (κ1) is 12.1. The molecule has 3 unspecified atom stereocenters. The molecule has 0 spiro atoms. The standard InChI is InChI=1S/C17H25N/c1-12-8-13(10-17(2,3)9-12)15-11-18-16-7-5-4-6-14(15)16/h4-7,12-13,15,18H,8-11H2,1-3H3. The number of rotatable bonds is 1. The van der Waals surface area contributed by atoms with Crippen molar-refractivity contribution in [1.29, 1.82) is 0 Å². The molecule has 1 nitrogen and oxygen atoms in total. The Kier molecular flexibility index (Phi) is 2.88. The van der Waals surface area contributed by atoms with Crippen LogP contribution in [0, 0.1) is 17.3 Å². The van der Waals surface area contributed by atoms with E-state index in [0.717, 1.165) is 24.3 Å². The van der Waals surface area contributed by atoms with Crippen molar-refractivity contribution in [2.45, 2.75) is 46.0 Å². The van der Waals surface area contributed by atoms with Crippen LogP contribution < -0.4 is 5.32 Å². The lowest BCUT2D eigenvalue weighted by Crippen LogP contribution is -2.31. The van der Waals surface area contributed by atoms with E-state index in [4.69, 9.17) is 0 Å². The third-order valence-corrected chi connectivity index (χ3v) is 4.86. The van der Waals surface area contributed by atoms with Crippen molar-refractivity contribution >= 4 is 5.69 Å². The Balaban J connectivity index is 1.84. The van der Waals surface area contributed by atoms with Gasteiger partial charge in [0.1, 0.15) is 0 Å². The zero-order chi connectivity index (χ0) is 12.8. The lowest BCUT2D eigenvalue weighted by atomic mass is 9.64. The maximum Gasteiger partial charge on any atom is 0.0376 e. The summed E-state index contributed by atoms with van der Waals surface area (Å²) in [5.74, 6) is 2.48. The van der Waals surface area contributed by atoms with Gasteiger partial charge in [0.2, 0.25) is 0 Å². The Morgan fingerprint density at radius 1 is 1.17 bits per heavy atom. The number of fused-ring (bicyclic) bond motifs is 1. The van der Waals surface area contributed by atoms with Crippen molar-refractivity contribution in [2.24, 2.45) is 17.3 Å². The molecule has 1 heteroatoms. The van der Waals surface area contributed by atoms with Gasteiger partial charge in [0, 0.05) is 18.2 Å². The second kappa shape index (κ2) is 4.29. The number of para-hydroxylation sites is 1. The Morgan fingerprint density at radius 3 is 2.72 bits per heavy atom. The molecule has 1 saturated carbocycles. The summed E-state index contributed by atoms with van der Waals surface area (Å²) in [5, 5.41) is 3.59. The highest BCUT2D eigenvalue weighted by molar-refractivity contribution is 5.57. The molecule has 1 aliphatic carbocycles. The van der Waals surface area contributed by atoms with Crippen LogP contribution in [0.4, 0.5) is 5.69 Å². The predicted molar refractivity (Wildman–Crippen MR) is 78.0 cm³/mol. The third-order valence-electron chi connectivity index (χ3n) is 4.86. The van der Waals surface area contributed by atoms with Gasteiger partial charge in [-0.25, -0.2) is 0 Å². The Labute approximate surface area is 111 Å². The minimum absolute atomic E-state index is 0.528. The molecule has 0 aromatic heterocycles. The zero-order valence-electron chi connectivity index (χ0n) is 11.9. The predicted octanol–water partition coefficient (Wildman–Crippen LogP) is 4.66. The second-order valence-electron chi connectivity index (χ2n) is 7.25. The highest BCUT2D eigenvalue weighted by Gasteiger charge is 2.38. The van der Waals surface area contributed by atoms with E-state index in [2.05, 4.69) is 50.4 Å². The van der Waals surface area contributed by atoms with E-state index >= 15 is 0 Å². The van der Waals surface area contributed by atoms with E-state index < -0.39 is 0 Å². The first-order valence-corrected chi connectivity index (χ1v) is 7.38. The van der Waals surface area contributed by atoms with E-state index in [1.165, 1.54) is 24.9 Å². The van der Waals surface area contributed by atoms with E-state index in [0.29, 0.717) is 5.41 Å². The number of anilines is 1. The largest absolute Gasteiger partial charge is 0.384 e. The molecule has 1 aromatic carbocycles. The highest BCUT2D eigenvalue weighted by Crippen LogP contribution is 2.49. The summed E-state index contributed by atoms with van der Waals surface area (Å²) in [6.07, 6.45) is 4.19. The van der Waals surface area contributed by atoms with Crippen LogP contribution in [-0.4, -0.2) is 6.54 Å². The van der Waals surface area contributed by atoms with Gasteiger partial charge in [0.25, 0.3) is 0 Å². The lowest BCUT2D eigenvalue weighted by Gasteiger charge is -2.41. The Bertz CT molecular complexity index is 435. The molecule has 0 amide bonds. The van der Waals surface area contributed by atoms with Crippen molar-refractivity contribution in [3.05, 3.63) is 29.8 Å². The van der Waals surface area contributed by atoms with Crippen LogP contribution in [0.15, 0.2) is 24.3 Å². The van der Waals surface area contributed by atoms with Gasteiger partial charge in [0.05, 0.1) is 0 Å². The van der Waals surface area contributed by atoms with Crippen LogP contribution in [0.3, 0.4) is 0 Å².